The molecule has 2 heterocycles. The van der Waals surface area contributed by atoms with E-state index in [1.165, 1.54) is 0 Å². The molecule has 1 amide bonds. The molecule has 5 heteroatoms. The summed E-state index contributed by atoms with van der Waals surface area (Å²) in [6.07, 6.45) is 2.05. The van der Waals surface area contributed by atoms with E-state index in [4.69, 9.17) is 0 Å². The molecule has 0 aliphatic carbocycles. The van der Waals surface area contributed by atoms with Crippen LogP contribution in [0.25, 0.3) is 0 Å². The van der Waals surface area contributed by atoms with Gasteiger partial charge in [-0.3, -0.25) is 10.1 Å². The summed E-state index contributed by atoms with van der Waals surface area (Å²) in [5.41, 5.74) is -0.0659. The van der Waals surface area contributed by atoms with E-state index in [1.807, 2.05) is 0 Å². The van der Waals surface area contributed by atoms with Gasteiger partial charge in [-0.15, -0.1) is 0 Å². The van der Waals surface area contributed by atoms with Crippen molar-refractivity contribution >= 4 is 13.9 Å². The lowest BCUT2D eigenvalue weighted by molar-refractivity contribution is -0.119. The lowest BCUT2D eigenvalue weighted by atomic mass is 9.96. The van der Waals surface area contributed by atoms with Gasteiger partial charge in [0.2, 0.25) is 5.91 Å². The van der Waals surface area contributed by atoms with Crippen LogP contribution >= 0.6 is 0 Å². The van der Waals surface area contributed by atoms with Crippen molar-refractivity contribution in [3.63, 3.8) is 0 Å². The van der Waals surface area contributed by atoms with Crippen molar-refractivity contribution < 1.29 is 4.79 Å². The molecule has 2 aliphatic rings. The molecule has 0 saturated carbocycles. The normalized spacial score (nSPS) is 29.2. The molecule has 1 spiro atoms. The summed E-state index contributed by atoms with van der Waals surface area (Å²) in [6, 6.07) is 0. The van der Waals surface area contributed by atoms with Gasteiger partial charge in [-0.1, -0.05) is 0 Å². The van der Waals surface area contributed by atoms with Gasteiger partial charge < -0.3 is 10.1 Å². The fourth-order valence-corrected chi connectivity index (χ4v) is 1.91. The van der Waals surface area contributed by atoms with Crippen LogP contribution in [0.3, 0.4) is 0 Å². The summed E-state index contributed by atoms with van der Waals surface area (Å²) in [5.74, 6) is 0.138. The van der Waals surface area contributed by atoms with Crippen LogP contribution in [0, 0.1) is 0 Å². The lowest BCUT2D eigenvalue weighted by Crippen LogP contribution is -2.56. The van der Waals surface area contributed by atoms with Gasteiger partial charge in [0, 0.05) is 0 Å². The minimum atomic E-state index is -0.0659. The summed E-state index contributed by atoms with van der Waals surface area (Å²) in [7, 11) is 2.11. The Bertz CT molecular complexity index is 201. The Morgan fingerprint density at radius 3 is 2.58 bits per heavy atom. The van der Waals surface area contributed by atoms with Gasteiger partial charge in [0.05, 0.1) is 12.2 Å². The first-order valence-corrected chi connectivity index (χ1v) is 4.45. The number of piperidine rings is 1. The van der Waals surface area contributed by atoms with E-state index in [0.717, 1.165) is 25.9 Å². The van der Waals surface area contributed by atoms with E-state index in [2.05, 4.69) is 23.4 Å². The van der Waals surface area contributed by atoms with Gasteiger partial charge in [-0.25, -0.2) is 0 Å². The first-order valence-electron chi connectivity index (χ1n) is 4.45. The third-order valence-electron chi connectivity index (χ3n) is 2.81. The van der Waals surface area contributed by atoms with Crippen molar-refractivity contribution in [2.45, 2.75) is 18.5 Å². The highest BCUT2D eigenvalue weighted by atomic mass is 16.2. The third-order valence-corrected chi connectivity index (χ3v) is 2.81. The largest absolute Gasteiger partial charge is 0.348 e. The smallest absolute Gasteiger partial charge is 0.235 e. The average molecular weight is 167 g/mol. The summed E-state index contributed by atoms with van der Waals surface area (Å²) in [4.78, 5) is 13.3. The standard InChI is InChI=1S/C7H14BN3O/c8-11-3-1-7(2-4-11)9-5-6(12)10-7/h9H,1-5,8H2,(H,10,12). The molecule has 2 aliphatic heterocycles. The number of rotatable bonds is 0. The topological polar surface area (TPSA) is 44.4 Å². The third kappa shape index (κ3) is 1.34. The molecule has 0 atom stereocenters. The maximum absolute atomic E-state index is 11.0. The Hall–Kier alpha value is -0.545. The molecule has 0 aromatic carbocycles. The van der Waals surface area contributed by atoms with Crippen molar-refractivity contribution in [3.05, 3.63) is 0 Å². The second-order valence-electron chi connectivity index (χ2n) is 3.79. The first-order chi connectivity index (χ1) is 5.70. The van der Waals surface area contributed by atoms with Crippen molar-refractivity contribution in [1.82, 2.24) is 15.4 Å². The van der Waals surface area contributed by atoms with E-state index in [0.29, 0.717) is 6.54 Å². The van der Waals surface area contributed by atoms with Gasteiger partial charge in [0.1, 0.15) is 0 Å². The number of hydrogen-bond donors (Lipinski definition) is 2. The van der Waals surface area contributed by atoms with E-state index in [-0.39, 0.29) is 11.6 Å². The molecular weight excluding hydrogens is 153 g/mol. The first kappa shape index (κ1) is 8.07. The molecular formula is C7H14BN3O. The number of nitrogens with one attached hydrogen (secondary N) is 2. The molecule has 0 aromatic heterocycles. The van der Waals surface area contributed by atoms with Gasteiger partial charge in [0.15, 0.2) is 7.98 Å². The zero-order chi connectivity index (χ0) is 8.60. The quantitative estimate of drug-likeness (QED) is 0.412. The number of carbonyl (C=O) groups is 1. The minimum Gasteiger partial charge on any atom is -0.348 e. The van der Waals surface area contributed by atoms with Gasteiger partial charge >= 0.3 is 0 Å². The predicted octanol–water partition coefficient (Wildman–Crippen LogP) is -1.95. The molecule has 2 rings (SSSR count). The zero-order valence-corrected chi connectivity index (χ0v) is 7.39. The molecule has 0 bridgehead atoms. The highest BCUT2D eigenvalue weighted by Gasteiger charge is 2.38. The Morgan fingerprint density at radius 1 is 1.42 bits per heavy atom. The van der Waals surface area contributed by atoms with Crippen molar-refractivity contribution in [1.29, 1.82) is 0 Å². The van der Waals surface area contributed by atoms with Crippen molar-refractivity contribution in [3.8, 4) is 0 Å². The van der Waals surface area contributed by atoms with Crippen LogP contribution in [0.4, 0.5) is 0 Å². The van der Waals surface area contributed by atoms with Crippen LogP contribution in [0.5, 0.6) is 0 Å². The van der Waals surface area contributed by atoms with E-state index in [9.17, 15) is 4.79 Å². The van der Waals surface area contributed by atoms with Crippen molar-refractivity contribution in [2.75, 3.05) is 19.6 Å². The van der Waals surface area contributed by atoms with Crippen LogP contribution in [0.1, 0.15) is 12.8 Å². The maximum Gasteiger partial charge on any atom is 0.235 e. The summed E-state index contributed by atoms with van der Waals surface area (Å²) in [5, 5.41) is 6.27. The second-order valence-corrected chi connectivity index (χ2v) is 3.79. The molecule has 0 radical (unpaired) electrons. The molecule has 2 fully saturated rings. The van der Waals surface area contributed by atoms with Crippen LogP contribution < -0.4 is 10.6 Å². The van der Waals surface area contributed by atoms with Gasteiger partial charge in [-0.05, 0) is 25.9 Å². The SMILES string of the molecule is BN1CCC2(CC1)NCC(=O)N2. The molecule has 2 N–H and O–H groups in total. The van der Waals surface area contributed by atoms with Gasteiger partial charge in [0.25, 0.3) is 0 Å². The predicted molar refractivity (Wildman–Crippen MR) is 48.2 cm³/mol. The molecule has 0 aromatic rings. The molecule has 66 valence electrons. The molecule has 2 saturated heterocycles. The Balaban J connectivity index is 1.99. The number of amides is 1. The van der Waals surface area contributed by atoms with Crippen LogP contribution in [-0.2, 0) is 4.79 Å². The number of nitrogens with zero attached hydrogens (tertiary/aromatic N) is 1. The average Bonchev–Trinajstić information content (AvgIpc) is 2.40. The summed E-state index contributed by atoms with van der Waals surface area (Å²) < 4.78 is 0. The highest BCUT2D eigenvalue weighted by molar-refractivity contribution is 6.04. The van der Waals surface area contributed by atoms with E-state index < -0.39 is 0 Å². The summed E-state index contributed by atoms with van der Waals surface area (Å²) in [6.45, 7) is 2.62. The summed E-state index contributed by atoms with van der Waals surface area (Å²) >= 11 is 0. The molecule has 12 heavy (non-hydrogen) atoms. The van der Waals surface area contributed by atoms with Crippen LogP contribution in [0.2, 0.25) is 0 Å². The highest BCUT2D eigenvalue weighted by Crippen LogP contribution is 2.20. The Morgan fingerprint density at radius 2 is 2.08 bits per heavy atom. The molecule has 0 unspecified atom stereocenters. The van der Waals surface area contributed by atoms with E-state index in [1.54, 1.807) is 0 Å². The number of hydrogen-bond acceptors (Lipinski definition) is 3. The monoisotopic (exact) mass is 167 g/mol. The van der Waals surface area contributed by atoms with Gasteiger partial charge in [-0.2, -0.15) is 0 Å². The van der Waals surface area contributed by atoms with Crippen molar-refractivity contribution in [2.24, 2.45) is 0 Å². The fraction of sp³-hybridized carbons (Fsp3) is 0.857. The Kier molecular flexibility index (Phi) is 1.85. The van der Waals surface area contributed by atoms with Crippen LogP contribution in [-0.4, -0.2) is 44.0 Å². The second kappa shape index (κ2) is 2.74. The molecule has 4 nitrogen and oxygen atoms in total. The zero-order valence-electron chi connectivity index (χ0n) is 7.39. The Labute approximate surface area is 73.1 Å². The maximum atomic E-state index is 11.0. The van der Waals surface area contributed by atoms with Crippen LogP contribution in [0.15, 0.2) is 0 Å². The minimum absolute atomic E-state index is 0.0659. The number of carbonyl (C=O) groups excluding carboxylic acids is 1. The van der Waals surface area contributed by atoms with E-state index >= 15 is 0 Å². The lowest BCUT2D eigenvalue weighted by Gasteiger charge is -2.37. The fourth-order valence-electron chi connectivity index (χ4n) is 1.91.